The van der Waals surface area contributed by atoms with Gasteiger partial charge in [-0.05, 0) is 49.2 Å². The lowest BCUT2D eigenvalue weighted by atomic mass is 10.2. The second-order valence-electron chi connectivity index (χ2n) is 7.37. The lowest BCUT2D eigenvalue weighted by molar-refractivity contribution is -0.113. The number of benzene rings is 2. The van der Waals surface area contributed by atoms with Crippen molar-refractivity contribution in [2.45, 2.75) is 13.8 Å². The van der Waals surface area contributed by atoms with Gasteiger partial charge in [-0.1, -0.05) is 36.0 Å². The molecule has 32 heavy (non-hydrogen) atoms. The smallest absolute Gasteiger partial charge is 0.333 e. The van der Waals surface area contributed by atoms with E-state index < -0.39 is 17.1 Å². The molecule has 2 aromatic carbocycles. The summed E-state index contributed by atoms with van der Waals surface area (Å²) in [6.45, 7) is 3.83. The standard InChI is InChI=1S/C23H24N4O4S/c1-14-7-5-9-16(11-14)24-18(28)13-32-20(25-17-10-6-8-15(2)12-17)19-21(29)26(3)23(31)27(4)22(19)30/h5-12,29H,13H2,1-4H3,(H,24,28). The Morgan fingerprint density at radius 3 is 2.34 bits per heavy atom. The van der Waals surface area contributed by atoms with Crippen molar-refractivity contribution in [3.63, 3.8) is 0 Å². The molecule has 9 heteroatoms. The maximum atomic E-state index is 12.8. The fraction of sp³-hybridized carbons (Fsp3) is 0.217. The number of anilines is 1. The second kappa shape index (κ2) is 9.69. The predicted octanol–water partition coefficient (Wildman–Crippen LogP) is 2.86. The third-order valence-electron chi connectivity index (χ3n) is 4.72. The Morgan fingerprint density at radius 1 is 1.03 bits per heavy atom. The fourth-order valence-corrected chi connectivity index (χ4v) is 3.88. The van der Waals surface area contributed by atoms with Crippen LogP contribution in [0.15, 0.2) is 63.1 Å². The van der Waals surface area contributed by atoms with Crippen molar-refractivity contribution in [3.8, 4) is 5.88 Å². The van der Waals surface area contributed by atoms with E-state index in [1.54, 1.807) is 12.1 Å². The number of rotatable bonds is 5. The van der Waals surface area contributed by atoms with Gasteiger partial charge in [-0.2, -0.15) is 0 Å². The van der Waals surface area contributed by atoms with Gasteiger partial charge in [-0.15, -0.1) is 0 Å². The molecule has 1 heterocycles. The van der Waals surface area contributed by atoms with Crippen LogP contribution in [0.25, 0.3) is 0 Å². The number of aromatic nitrogens is 2. The Morgan fingerprint density at radius 2 is 1.69 bits per heavy atom. The summed E-state index contributed by atoms with van der Waals surface area (Å²) in [4.78, 5) is 42.0. The Labute approximate surface area is 189 Å². The number of aliphatic imine (C=N–C) groups is 1. The van der Waals surface area contributed by atoms with Crippen LogP contribution in [-0.2, 0) is 18.9 Å². The first-order valence-electron chi connectivity index (χ1n) is 9.81. The highest BCUT2D eigenvalue weighted by molar-refractivity contribution is 8.15. The van der Waals surface area contributed by atoms with Gasteiger partial charge in [0.2, 0.25) is 11.8 Å². The average molecular weight is 453 g/mol. The summed E-state index contributed by atoms with van der Waals surface area (Å²) in [7, 11) is 2.69. The van der Waals surface area contributed by atoms with Crippen molar-refractivity contribution < 1.29 is 9.90 Å². The topological polar surface area (TPSA) is 106 Å². The van der Waals surface area contributed by atoms with Crippen molar-refractivity contribution >= 4 is 34.1 Å². The van der Waals surface area contributed by atoms with Gasteiger partial charge in [0.05, 0.1) is 11.4 Å². The molecule has 0 bridgehead atoms. The molecule has 3 aromatic rings. The van der Waals surface area contributed by atoms with Gasteiger partial charge in [0, 0.05) is 19.8 Å². The molecular weight excluding hydrogens is 428 g/mol. The van der Waals surface area contributed by atoms with Crippen LogP contribution in [0.5, 0.6) is 5.88 Å². The maximum absolute atomic E-state index is 12.8. The number of aromatic hydroxyl groups is 1. The van der Waals surface area contributed by atoms with E-state index in [2.05, 4.69) is 10.3 Å². The molecule has 3 rings (SSSR count). The summed E-state index contributed by atoms with van der Waals surface area (Å²) >= 11 is 1.01. The second-order valence-corrected chi connectivity index (χ2v) is 8.33. The van der Waals surface area contributed by atoms with Crippen molar-refractivity contribution in [2.75, 3.05) is 11.1 Å². The van der Waals surface area contributed by atoms with Gasteiger partial charge >= 0.3 is 5.69 Å². The van der Waals surface area contributed by atoms with Crippen molar-refractivity contribution in [1.82, 2.24) is 9.13 Å². The molecule has 8 nitrogen and oxygen atoms in total. The summed E-state index contributed by atoms with van der Waals surface area (Å²) < 4.78 is 1.87. The van der Waals surface area contributed by atoms with Gasteiger partial charge in [0.1, 0.15) is 10.6 Å². The summed E-state index contributed by atoms with van der Waals surface area (Å²) in [5.41, 5.74) is 1.71. The van der Waals surface area contributed by atoms with Gasteiger partial charge in [0.25, 0.3) is 5.56 Å². The molecule has 1 aromatic heterocycles. The highest BCUT2D eigenvalue weighted by Gasteiger charge is 2.22. The van der Waals surface area contributed by atoms with Gasteiger partial charge in [0.15, 0.2) is 0 Å². The monoisotopic (exact) mass is 452 g/mol. The van der Waals surface area contributed by atoms with Crippen LogP contribution in [0.4, 0.5) is 11.4 Å². The van der Waals surface area contributed by atoms with E-state index in [0.717, 1.165) is 32.0 Å². The van der Waals surface area contributed by atoms with E-state index in [1.165, 1.54) is 14.1 Å². The molecule has 0 saturated heterocycles. The van der Waals surface area contributed by atoms with Crippen LogP contribution in [0.2, 0.25) is 0 Å². The summed E-state index contributed by atoms with van der Waals surface area (Å²) in [5, 5.41) is 13.5. The molecule has 0 unspecified atom stereocenters. The number of nitrogens with zero attached hydrogens (tertiary/aromatic N) is 3. The zero-order valence-electron chi connectivity index (χ0n) is 18.2. The van der Waals surface area contributed by atoms with E-state index >= 15 is 0 Å². The van der Waals surface area contributed by atoms with Crippen molar-refractivity contribution in [1.29, 1.82) is 0 Å². The zero-order chi connectivity index (χ0) is 23.4. The first kappa shape index (κ1) is 23.1. The minimum atomic E-state index is -0.691. The molecule has 0 saturated carbocycles. The molecule has 0 fully saturated rings. The Kier molecular flexibility index (Phi) is 6.99. The third-order valence-corrected chi connectivity index (χ3v) is 5.70. The quantitative estimate of drug-likeness (QED) is 0.457. The fourth-order valence-electron chi connectivity index (χ4n) is 3.05. The third kappa shape index (κ3) is 5.17. The van der Waals surface area contributed by atoms with E-state index in [9.17, 15) is 19.5 Å². The number of nitrogens with one attached hydrogen (secondary N) is 1. The number of hydrogen-bond donors (Lipinski definition) is 2. The van der Waals surface area contributed by atoms with Crippen LogP contribution in [0.3, 0.4) is 0 Å². The van der Waals surface area contributed by atoms with Crippen LogP contribution in [0.1, 0.15) is 16.7 Å². The van der Waals surface area contributed by atoms with Crippen molar-refractivity contribution in [3.05, 3.63) is 86.1 Å². The molecule has 0 radical (unpaired) electrons. The lowest BCUT2D eigenvalue weighted by Crippen LogP contribution is -2.39. The largest absolute Gasteiger partial charge is 0.494 e. The van der Waals surface area contributed by atoms with Crippen molar-refractivity contribution in [2.24, 2.45) is 19.1 Å². The number of carbonyl (C=O) groups is 1. The highest BCUT2D eigenvalue weighted by Crippen LogP contribution is 2.24. The Bertz CT molecular complexity index is 1320. The van der Waals surface area contributed by atoms with E-state index in [0.29, 0.717) is 11.4 Å². The zero-order valence-corrected chi connectivity index (χ0v) is 19.1. The minimum Gasteiger partial charge on any atom is -0.494 e. The number of carbonyl (C=O) groups excluding carboxylic acids is 1. The van der Waals surface area contributed by atoms with Gasteiger partial charge < -0.3 is 10.4 Å². The minimum absolute atomic E-state index is 0.0516. The first-order chi connectivity index (χ1) is 15.2. The van der Waals surface area contributed by atoms with Gasteiger partial charge in [-0.25, -0.2) is 9.79 Å². The van der Waals surface area contributed by atoms with E-state index in [1.807, 2.05) is 50.2 Å². The maximum Gasteiger partial charge on any atom is 0.333 e. The van der Waals surface area contributed by atoms with Gasteiger partial charge in [-0.3, -0.25) is 18.7 Å². The number of amides is 1. The molecule has 166 valence electrons. The molecular formula is C23H24N4O4S. The van der Waals surface area contributed by atoms with Crippen LogP contribution >= 0.6 is 11.8 Å². The normalized spacial score (nSPS) is 11.4. The first-order valence-corrected chi connectivity index (χ1v) is 10.8. The molecule has 1 amide bonds. The summed E-state index contributed by atoms with van der Waals surface area (Å²) in [6, 6.07) is 14.7. The molecule has 0 aliphatic carbocycles. The Balaban J connectivity index is 1.99. The lowest BCUT2D eigenvalue weighted by Gasteiger charge is -2.13. The molecule has 0 atom stereocenters. The summed E-state index contributed by atoms with van der Waals surface area (Å²) in [5.74, 6) is -0.848. The van der Waals surface area contributed by atoms with Crippen LogP contribution < -0.4 is 16.6 Å². The highest BCUT2D eigenvalue weighted by atomic mass is 32.2. The molecule has 2 N–H and O–H groups in total. The Hall–Kier alpha value is -3.59. The number of aryl methyl sites for hydroxylation is 2. The molecule has 0 aliphatic heterocycles. The number of hydrogen-bond acceptors (Lipinski definition) is 6. The predicted molar refractivity (Wildman–Crippen MR) is 128 cm³/mol. The van der Waals surface area contributed by atoms with Crippen LogP contribution in [0, 0.1) is 13.8 Å². The number of thioether (sulfide) groups is 1. The molecule has 0 aliphatic rings. The average Bonchev–Trinajstić information content (AvgIpc) is 2.74. The summed E-state index contributed by atoms with van der Waals surface area (Å²) in [6.07, 6.45) is 0. The van der Waals surface area contributed by atoms with E-state index in [-0.39, 0.29) is 22.3 Å². The van der Waals surface area contributed by atoms with E-state index in [4.69, 9.17) is 0 Å². The molecule has 0 spiro atoms. The SMILES string of the molecule is Cc1cccc(N=C(SCC(=O)Nc2cccc(C)c2)c2c(O)n(C)c(=O)n(C)c2=O)c1. The van der Waals surface area contributed by atoms with Crippen LogP contribution in [-0.4, -0.2) is 30.9 Å².